The molecule has 1 aromatic rings. The van der Waals surface area contributed by atoms with Gasteiger partial charge in [-0.05, 0) is 6.54 Å². The van der Waals surface area contributed by atoms with Crippen LogP contribution >= 0.6 is 0 Å². The molecular weight excluding hydrogens is 306 g/mol. The van der Waals surface area contributed by atoms with Gasteiger partial charge in [0.05, 0.1) is 36.9 Å². The average molecular weight is 331 g/mol. The maximum atomic E-state index is 9.86. The number of nitrogens with zero attached hydrogens (tertiary/aromatic N) is 2. The quantitative estimate of drug-likeness (QED) is 0.239. The predicted molar refractivity (Wildman–Crippen MR) is 80.4 cm³/mol. The summed E-state index contributed by atoms with van der Waals surface area (Å²) in [6.07, 6.45) is -2.53. The van der Waals surface area contributed by atoms with Crippen molar-refractivity contribution in [2.45, 2.75) is 43.8 Å². The largest absolute Gasteiger partial charge is 0.394 e. The molecule has 0 aromatic carbocycles. The number of hydrogen-bond acceptors (Lipinski definition) is 9. The summed E-state index contributed by atoms with van der Waals surface area (Å²) in [5.74, 6) is 0. The molecule has 23 heavy (non-hydrogen) atoms. The number of nitrogens with one attached hydrogen (secondary N) is 1. The minimum Gasteiger partial charge on any atom is -0.394 e. The molecule has 0 aliphatic rings. The molecule has 9 heteroatoms. The van der Waals surface area contributed by atoms with Crippen LogP contribution in [0.15, 0.2) is 12.4 Å². The van der Waals surface area contributed by atoms with Gasteiger partial charge in [0, 0.05) is 18.7 Å². The van der Waals surface area contributed by atoms with Crippen molar-refractivity contribution in [3.8, 4) is 0 Å². The van der Waals surface area contributed by atoms with Crippen LogP contribution in [0.1, 0.15) is 24.4 Å². The highest BCUT2D eigenvalue weighted by Gasteiger charge is 2.27. The first-order chi connectivity index (χ1) is 10.9. The third kappa shape index (κ3) is 5.74. The third-order valence-corrected chi connectivity index (χ3v) is 3.48. The number of aliphatic hydroxyl groups is 6. The zero-order valence-electron chi connectivity index (χ0n) is 12.9. The van der Waals surface area contributed by atoms with Gasteiger partial charge in [0.25, 0.3) is 0 Å². The van der Waals surface area contributed by atoms with Crippen LogP contribution in [0.3, 0.4) is 0 Å². The van der Waals surface area contributed by atoms with Gasteiger partial charge in [-0.15, -0.1) is 0 Å². The van der Waals surface area contributed by atoms with Gasteiger partial charge >= 0.3 is 0 Å². The van der Waals surface area contributed by atoms with Crippen molar-refractivity contribution >= 4 is 0 Å². The van der Waals surface area contributed by atoms with Crippen molar-refractivity contribution in [1.29, 1.82) is 0 Å². The van der Waals surface area contributed by atoms with Crippen LogP contribution in [-0.2, 0) is 6.42 Å². The Kier molecular flexibility index (Phi) is 8.48. The third-order valence-electron chi connectivity index (χ3n) is 3.48. The Labute approximate surface area is 134 Å². The minimum atomic E-state index is -1.58. The minimum absolute atomic E-state index is 0.0523. The fourth-order valence-corrected chi connectivity index (χ4v) is 2.08. The van der Waals surface area contributed by atoms with E-state index in [0.717, 1.165) is 0 Å². The van der Waals surface area contributed by atoms with Gasteiger partial charge in [0.2, 0.25) is 0 Å². The summed E-state index contributed by atoms with van der Waals surface area (Å²) < 4.78 is 0. The van der Waals surface area contributed by atoms with Crippen LogP contribution in [0, 0.1) is 0 Å². The molecule has 1 heterocycles. The second kappa shape index (κ2) is 9.83. The van der Waals surface area contributed by atoms with E-state index in [2.05, 4.69) is 15.3 Å². The van der Waals surface area contributed by atoms with Crippen molar-refractivity contribution in [3.63, 3.8) is 0 Å². The van der Waals surface area contributed by atoms with E-state index < -0.39 is 37.1 Å². The molecule has 0 spiro atoms. The van der Waals surface area contributed by atoms with Gasteiger partial charge in [-0.2, -0.15) is 0 Å². The molecule has 0 aliphatic heterocycles. The number of likely N-dealkylation sites (N-methyl/N-ethyl adjacent to an activating group) is 1. The highest BCUT2D eigenvalue weighted by molar-refractivity contribution is 5.08. The molecule has 0 saturated carbocycles. The van der Waals surface area contributed by atoms with Crippen molar-refractivity contribution in [3.05, 3.63) is 23.8 Å². The maximum absolute atomic E-state index is 9.86. The number of hydrogen-bond donors (Lipinski definition) is 7. The summed E-state index contributed by atoms with van der Waals surface area (Å²) in [4.78, 5) is 8.07. The molecule has 0 fully saturated rings. The van der Waals surface area contributed by atoms with Crippen LogP contribution < -0.4 is 5.32 Å². The van der Waals surface area contributed by atoms with Gasteiger partial charge in [0.15, 0.2) is 0 Å². The van der Waals surface area contributed by atoms with Crippen LogP contribution in [0.25, 0.3) is 0 Å². The molecular formula is C14H25N3O6. The Morgan fingerprint density at radius 2 is 1.65 bits per heavy atom. The molecule has 1 rings (SSSR count). The monoisotopic (exact) mass is 331 g/mol. The Morgan fingerprint density at radius 1 is 1.00 bits per heavy atom. The van der Waals surface area contributed by atoms with E-state index in [0.29, 0.717) is 18.7 Å². The summed E-state index contributed by atoms with van der Waals surface area (Å²) in [5, 5.41) is 59.4. The van der Waals surface area contributed by atoms with E-state index >= 15 is 0 Å². The molecule has 7 N–H and O–H groups in total. The second-order valence-corrected chi connectivity index (χ2v) is 5.24. The zero-order valence-corrected chi connectivity index (χ0v) is 12.9. The predicted octanol–water partition coefficient (Wildman–Crippen LogP) is -2.90. The lowest BCUT2D eigenvalue weighted by atomic mass is 10.0. The van der Waals surface area contributed by atoms with Gasteiger partial charge in [0.1, 0.15) is 18.3 Å². The van der Waals surface area contributed by atoms with E-state index in [1.807, 2.05) is 6.92 Å². The smallest absolute Gasteiger partial charge is 0.126 e. The topological polar surface area (TPSA) is 159 Å². The Bertz CT molecular complexity index is 447. The first-order valence-corrected chi connectivity index (χ1v) is 7.42. The average Bonchev–Trinajstić information content (AvgIpc) is 2.59. The lowest BCUT2D eigenvalue weighted by Crippen LogP contribution is -2.43. The summed E-state index contributed by atoms with van der Waals surface area (Å²) >= 11 is 0. The number of rotatable bonds is 10. The fraction of sp³-hybridized carbons (Fsp3) is 0.714. The molecule has 0 unspecified atom stereocenters. The van der Waals surface area contributed by atoms with Gasteiger partial charge in [-0.25, -0.2) is 0 Å². The van der Waals surface area contributed by atoms with Crippen LogP contribution in [0.4, 0.5) is 0 Å². The molecule has 0 bridgehead atoms. The normalized spacial score (nSPS) is 18.2. The molecule has 132 valence electrons. The first kappa shape index (κ1) is 19.8. The van der Waals surface area contributed by atoms with Crippen LogP contribution in [0.5, 0.6) is 0 Å². The van der Waals surface area contributed by atoms with E-state index in [4.69, 9.17) is 10.2 Å². The van der Waals surface area contributed by atoms with Gasteiger partial charge in [-0.1, -0.05) is 6.92 Å². The van der Waals surface area contributed by atoms with Crippen molar-refractivity contribution in [2.75, 3.05) is 19.8 Å². The van der Waals surface area contributed by atoms with Crippen molar-refractivity contribution in [1.82, 2.24) is 15.3 Å². The van der Waals surface area contributed by atoms with Crippen molar-refractivity contribution < 1.29 is 30.6 Å². The maximum Gasteiger partial charge on any atom is 0.126 e. The van der Waals surface area contributed by atoms with Crippen molar-refractivity contribution in [2.24, 2.45) is 0 Å². The summed E-state index contributed by atoms with van der Waals surface area (Å²) in [5.41, 5.74) is 0.577. The highest BCUT2D eigenvalue weighted by Crippen LogP contribution is 2.16. The van der Waals surface area contributed by atoms with E-state index in [-0.39, 0.29) is 12.3 Å². The number of aromatic nitrogens is 2. The molecule has 0 amide bonds. The van der Waals surface area contributed by atoms with E-state index in [9.17, 15) is 20.4 Å². The van der Waals surface area contributed by atoms with Gasteiger partial charge < -0.3 is 36.0 Å². The number of aliphatic hydroxyl groups excluding tert-OH is 6. The second-order valence-electron chi connectivity index (χ2n) is 5.24. The molecule has 0 aliphatic carbocycles. The van der Waals surface area contributed by atoms with Crippen LogP contribution in [0.2, 0.25) is 0 Å². The van der Waals surface area contributed by atoms with E-state index in [1.165, 1.54) is 12.4 Å². The summed E-state index contributed by atoms with van der Waals surface area (Å²) in [6.45, 7) is 1.41. The first-order valence-electron chi connectivity index (χ1n) is 7.42. The summed E-state index contributed by atoms with van der Waals surface area (Å²) in [7, 11) is 0. The SMILES string of the molecule is CCN[C@H](Cc1cnc([C@@H](O)[C@H](O)[C@H](O)CO)cn1)[C@H](O)CO. The Hall–Kier alpha value is -1.20. The lowest BCUT2D eigenvalue weighted by Gasteiger charge is -2.22. The standard InChI is InChI=1S/C14H25N3O6/c1-2-15-9(11(20)6-18)3-8-4-17-10(5-16-8)13(22)14(23)12(21)7-19/h4-5,9,11-15,18-23H,2-3,6-7H2,1H3/t9-,11-,12-,13-,14-/m1/s1. The van der Waals surface area contributed by atoms with E-state index in [1.54, 1.807) is 0 Å². The van der Waals surface area contributed by atoms with Crippen LogP contribution in [-0.4, -0.2) is 84.7 Å². The molecule has 9 nitrogen and oxygen atoms in total. The fourth-order valence-electron chi connectivity index (χ4n) is 2.08. The highest BCUT2D eigenvalue weighted by atomic mass is 16.4. The molecule has 0 radical (unpaired) electrons. The molecule has 0 saturated heterocycles. The van der Waals surface area contributed by atoms with Gasteiger partial charge in [-0.3, -0.25) is 9.97 Å². The Balaban J connectivity index is 2.75. The zero-order chi connectivity index (χ0) is 17.4. The summed E-state index contributed by atoms with van der Waals surface area (Å²) in [6, 6.07) is -0.392. The molecule has 5 atom stereocenters. The Morgan fingerprint density at radius 3 is 2.13 bits per heavy atom. The molecule has 1 aromatic heterocycles. The lowest BCUT2D eigenvalue weighted by molar-refractivity contribution is -0.0790.